The fourth-order valence-corrected chi connectivity index (χ4v) is 2.76. The molecule has 0 atom stereocenters. The van der Waals surface area contributed by atoms with E-state index in [0.717, 1.165) is 11.1 Å². The highest BCUT2D eigenvalue weighted by molar-refractivity contribution is 5.41. The third-order valence-corrected chi connectivity index (χ3v) is 4.63. The van der Waals surface area contributed by atoms with Gasteiger partial charge < -0.3 is 10.2 Å². The smallest absolute Gasteiger partial charge is 0.0840 e. The number of hydrogen-bond donors (Lipinski definition) is 2. The maximum Gasteiger partial charge on any atom is 0.0840 e. The number of aliphatic hydroxyl groups is 2. The Balaban J connectivity index is 2.34. The summed E-state index contributed by atoms with van der Waals surface area (Å²) in [4.78, 5) is 0. The van der Waals surface area contributed by atoms with Crippen LogP contribution in [0.1, 0.15) is 63.8 Å². The second kappa shape index (κ2) is 5.77. The molecular formula is C21H28O2. The van der Waals surface area contributed by atoms with Crippen molar-refractivity contribution in [2.75, 3.05) is 0 Å². The van der Waals surface area contributed by atoms with Crippen LogP contribution in [0.3, 0.4) is 0 Å². The van der Waals surface area contributed by atoms with E-state index in [1.54, 1.807) is 27.7 Å². The molecule has 2 nitrogen and oxygen atoms in total. The van der Waals surface area contributed by atoms with Crippen LogP contribution in [0.4, 0.5) is 0 Å². The van der Waals surface area contributed by atoms with Gasteiger partial charge in [-0.05, 0) is 49.9 Å². The molecule has 0 aliphatic carbocycles. The van der Waals surface area contributed by atoms with Gasteiger partial charge >= 0.3 is 0 Å². The lowest BCUT2D eigenvalue weighted by molar-refractivity contribution is 0.0780. The zero-order valence-corrected chi connectivity index (χ0v) is 15.0. The van der Waals surface area contributed by atoms with Gasteiger partial charge in [-0.3, -0.25) is 0 Å². The Labute approximate surface area is 139 Å². The van der Waals surface area contributed by atoms with Crippen LogP contribution in [0.2, 0.25) is 0 Å². The summed E-state index contributed by atoms with van der Waals surface area (Å²) in [6, 6.07) is 16.3. The largest absolute Gasteiger partial charge is 0.386 e. The highest BCUT2D eigenvalue weighted by Gasteiger charge is 2.25. The van der Waals surface area contributed by atoms with Gasteiger partial charge in [-0.2, -0.15) is 0 Å². The Morgan fingerprint density at radius 1 is 0.478 bits per heavy atom. The molecule has 2 rings (SSSR count). The van der Waals surface area contributed by atoms with Crippen molar-refractivity contribution in [3.05, 3.63) is 70.8 Å². The second-order valence-corrected chi connectivity index (χ2v) is 7.90. The van der Waals surface area contributed by atoms with Gasteiger partial charge in [0, 0.05) is 5.41 Å². The maximum atomic E-state index is 10.1. The average molecular weight is 312 g/mol. The second-order valence-electron chi connectivity index (χ2n) is 7.90. The minimum atomic E-state index is -0.822. The van der Waals surface area contributed by atoms with E-state index in [1.807, 2.05) is 24.3 Å². The van der Waals surface area contributed by atoms with Crippen LogP contribution in [-0.4, -0.2) is 10.2 Å². The summed E-state index contributed by atoms with van der Waals surface area (Å²) in [5.41, 5.74) is 2.43. The molecule has 0 saturated heterocycles. The van der Waals surface area contributed by atoms with E-state index in [-0.39, 0.29) is 5.41 Å². The molecule has 0 unspecified atom stereocenters. The molecule has 0 radical (unpaired) electrons. The van der Waals surface area contributed by atoms with Gasteiger partial charge in [0.2, 0.25) is 0 Å². The van der Waals surface area contributed by atoms with Gasteiger partial charge in [0.05, 0.1) is 11.2 Å². The van der Waals surface area contributed by atoms with Crippen LogP contribution in [-0.2, 0) is 16.6 Å². The lowest BCUT2D eigenvalue weighted by atomic mass is 9.77. The number of benzene rings is 2. The molecule has 0 saturated carbocycles. The quantitative estimate of drug-likeness (QED) is 0.874. The summed E-state index contributed by atoms with van der Waals surface area (Å²) in [7, 11) is 0. The van der Waals surface area contributed by atoms with Crippen molar-refractivity contribution in [3.63, 3.8) is 0 Å². The normalized spacial score (nSPS) is 13.2. The summed E-state index contributed by atoms with van der Waals surface area (Å²) in [6.45, 7) is 11.5. The molecule has 2 heteroatoms. The minimum Gasteiger partial charge on any atom is -0.386 e. The van der Waals surface area contributed by atoms with Gasteiger partial charge in [-0.1, -0.05) is 62.4 Å². The molecule has 0 aliphatic rings. The molecule has 0 aliphatic heterocycles. The molecule has 2 aromatic rings. The lowest BCUT2D eigenvalue weighted by Crippen LogP contribution is -2.21. The molecule has 2 N–H and O–H groups in total. The fraction of sp³-hybridized carbons (Fsp3) is 0.429. The van der Waals surface area contributed by atoms with Crippen molar-refractivity contribution in [1.29, 1.82) is 0 Å². The molecule has 0 aromatic heterocycles. The molecule has 23 heavy (non-hydrogen) atoms. The van der Waals surface area contributed by atoms with Crippen LogP contribution in [0.25, 0.3) is 0 Å². The van der Waals surface area contributed by atoms with E-state index in [0.29, 0.717) is 0 Å². The summed E-state index contributed by atoms with van der Waals surface area (Å²) in [5, 5.41) is 20.2. The molecule has 2 aromatic carbocycles. The van der Waals surface area contributed by atoms with Crippen molar-refractivity contribution < 1.29 is 10.2 Å². The van der Waals surface area contributed by atoms with E-state index in [4.69, 9.17) is 0 Å². The number of rotatable bonds is 4. The zero-order valence-electron chi connectivity index (χ0n) is 15.0. The Morgan fingerprint density at radius 3 is 0.913 bits per heavy atom. The van der Waals surface area contributed by atoms with Crippen LogP contribution in [0.5, 0.6) is 0 Å². The third kappa shape index (κ3) is 3.82. The molecule has 0 bridgehead atoms. The third-order valence-electron chi connectivity index (χ3n) is 4.63. The van der Waals surface area contributed by atoms with Gasteiger partial charge in [-0.15, -0.1) is 0 Å². The standard InChI is InChI=1S/C21H28O2/c1-19(2,15-7-11-17(12-8-15)20(3,4)22)16-9-13-18(14-10-16)21(5,6)23/h7-14,22-23H,1-6H3. The van der Waals surface area contributed by atoms with Crippen LogP contribution < -0.4 is 0 Å². The van der Waals surface area contributed by atoms with E-state index >= 15 is 0 Å². The monoisotopic (exact) mass is 312 g/mol. The van der Waals surface area contributed by atoms with E-state index < -0.39 is 11.2 Å². The maximum absolute atomic E-state index is 10.1. The summed E-state index contributed by atoms with van der Waals surface area (Å²) >= 11 is 0. The van der Waals surface area contributed by atoms with Gasteiger partial charge in [0.15, 0.2) is 0 Å². The Bertz CT molecular complexity index is 591. The van der Waals surface area contributed by atoms with E-state index in [1.165, 1.54) is 11.1 Å². The van der Waals surface area contributed by atoms with Crippen LogP contribution in [0.15, 0.2) is 48.5 Å². The summed E-state index contributed by atoms with van der Waals surface area (Å²) in [6.07, 6.45) is 0. The molecule has 124 valence electrons. The Hall–Kier alpha value is -1.64. The molecule has 0 spiro atoms. The van der Waals surface area contributed by atoms with Crippen molar-refractivity contribution >= 4 is 0 Å². The van der Waals surface area contributed by atoms with Crippen molar-refractivity contribution in [2.45, 2.75) is 58.2 Å². The Kier molecular flexibility index (Phi) is 4.44. The van der Waals surface area contributed by atoms with Gasteiger partial charge in [-0.25, -0.2) is 0 Å². The fourth-order valence-electron chi connectivity index (χ4n) is 2.76. The molecular weight excluding hydrogens is 284 g/mol. The van der Waals surface area contributed by atoms with Crippen LogP contribution in [0, 0.1) is 0 Å². The molecule has 0 heterocycles. The topological polar surface area (TPSA) is 40.5 Å². The minimum absolute atomic E-state index is 0.143. The average Bonchev–Trinajstić information content (AvgIpc) is 2.46. The van der Waals surface area contributed by atoms with E-state index in [2.05, 4.69) is 38.1 Å². The van der Waals surface area contributed by atoms with E-state index in [9.17, 15) is 10.2 Å². The SMILES string of the molecule is CC(C)(O)c1ccc(C(C)(C)c2ccc(C(C)(C)O)cc2)cc1. The number of hydrogen-bond acceptors (Lipinski definition) is 2. The first-order valence-corrected chi connectivity index (χ1v) is 8.09. The predicted octanol–water partition coefficient (Wildman–Crippen LogP) is 4.47. The Morgan fingerprint density at radius 2 is 0.696 bits per heavy atom. The van der Waals surface area contributed by atoms with Gasteiger partial charge in [0.1, 0.15) is 0 Å². The zero-order chi connectivity index (χ0) is 17.5. The van der Waals surface area contributed by atoms with Gasteiger partial charge in [0.25, 0.3) is 0 Å². The summed E-state index contributed by atoms with van der Waals surface area (Å²) in [5.74, 6) is 0. The first-order chi connectivity index (χ1) is 10.4. The predicted molar refractivity (Wildman–Crippen MR) is 95.5 cm³/mol. The summed E-state index contributed by atoms with van der Waals surface area (Å²) < 4.78 is 0. The van der Waals surface area contributed by atoms with Crippen molar-refractivity contribution in [1.82, 2.24) is 0 Å². The first-order valence-electron chi connectivity index (χ1n) is 8.09. The lowest BCUT2D eigenvalue weighted by Gasteiger charge is -2.28. The van der Waals surface area contributed by atoms with Crippen molar-refractivity contribution in [2.24, 2.45) is 0 Å². The highest BCUT2D eigenvalue weighted by atomic mass is 16.3. The first kappa shape index (κ1) is 17.7. The van der Waals surface area contributed by atoms with Crippen molar-refractivity contribution in [3.8, 4) is 0 Å². The molecule has 0 amide bonds. The van der Waals surface area contributed by atoms with Crippen LogP contribution >= 0.6 is 0 Å². The highest BCUT2D eigenvalue weighted by Crippen LogP contribution is 2.33. The molecule has 0 fully saturated rings.